The Morgan fingerprint density at radius 2 is 1.76 bits per heavy atom. The number of ether oxygens (including phenoxy) is 1. The van der Waals surface area contributed by atoms with Gasteiger partial charge in [0, 0.05) is 42.7 Å². The number of para-hydroxylation sites is 1. The van der Waals surface area contributed by atoms with Crippen molar-refractivity contribution in [3.8, 4) is 17.2 Å². The lowest BCUT2D eigenvalue weighted by atomic mass is 9.91. The molecule has 6 nitrogen and oxygen atoms in total. The fourth-order valence-corrected chi connectivity index (χ4v) is 4.99. The molecule has 0 saturated heterocycles. The van der Waals surface area contributed by atoms with Crippen LogP contribution in [0.25, 0.3) is 17.0 Å². The normalized spacial score (nSPS) is 12.7. The molecule has 0 amide bonds. The molecular weight excluding hydrogens is 476 g/mol. The molecule has 0 spiro atoms. The van der Waals surface area contributed by atoms with Crippen molar-refractivity contribution in [2.75, 3.05) is 18.1 Å². The first-order chi connectivity index (χ1) is 18.5. The number of anilines is 1. The van der Waals surface area contributed by atoms with Crippen LogP contribution in [0.5, 0.6) is 5.75 Å². The van der Waals surface area contributed by atoms with Gasteiger partial charge in [-0.25, -0.2) is 4.98 Å². The number of aryl methyl sites for hydroxylation is 1. The zero-order chi connectivity index (χ0) is 26.5. The maximum absolute atomic E-state index is 11.3. The molecular formula is C32H32N2O4. The first-order valence-corrected chi connectivity index (χ1v) is 13.0. The van der Waals surface area contributed by atoms with Gasteiger partial charge in [0.1, 0.15) is 5.75 Å². The molecule has 0 fully saturated rings. The molecule has 4 aromatic rings. The van der Waals surface area contributed by atoms with Gasteiger partial charge in [0.05, 0.1) is 12.3 Å². The molecule has 194 valence electrons. The zero-order valence-corrected chi connectivity index (χ0v) is 21.7. The highest BCUT2D eigenvalue weighted by Gasteiger charge is 2.23. The molecule has 38 heavy (non-hydrogen) atoms. The van der Waals surface area contributed by atoms with E-state index in [0.717, 1.165) is 47.7 Å². The van der Waals surface area contributed by atoms with Crippen molar-refractivity contribution in [3.63, 3.8) is 0 Å². The maximum Gasteiger partial charge on any atom is 0.303 e. The van der Waals surface area contributed by atoms with E-state index < -0.39 is 5.97 Å². The number of fused-ring (bicyclic) bond motifs is 1. The summed E-state index contributed by atoms with van der Waals surface area (Å²) < 4.78 is 12.4. The van der Waals surface area contributed by atoms with Gasteiger partial charge in [0.25, 0.3) is 0 Å². The molecule has 0 saturated carbocycles. The van der Waals surface area contributed by atoms with E-state index in [0.29, 0.717) is 31.1 Å². The SMILES string of the molecule is C=C(C)c1oc(-c2ccccc2)nc1CCOc1ccc(CCC(=O)O)c2c1CCN(c1ccccc1)C2. The van der Waals surface area contributed by atoms with E-state index >= 15 is 0 Å². The minimum absolute atomic E-state index is 0.109. The van der Waals surface area contributed by atoms with Crippen molar-refractivity contribution in [1.29, 1.82) is 0 Å². The summed E-state index contributed by atoms with van der Waals surface area (Å²) in [5.41, 5.74) is 7.18. The summed E-state index contributed by atoms with van der Waals surface area (Å²) in [5, 5.41) is 9.27. The second-order valence-corrected chi connectivity index (χ2v) is 9.62. The van der Waals surface area contributed by atoms with Crippen LogP contribution in [-0.4, -0.2) is 29.2 Å². The molecule has 1 aliphatic heterocycles. The van der Waals surface area contributed by atoms with Crippen LogP contribution in [0.15, 0.2) is 83.8 Å². The molecule has 2 heterocycles. The van der Waals surface area contributed by atoms with Crippen molar-refractivity contribution in [3.05, 3.63) is 108 Å². The molecule has 0 unspecified atom stereocenters. The zero-order valence-electron chi connectivity index (χ0n) is 21.7. The molecule has 1 aromatic heterocycles. The minimum Gasteiger partial charge on any atom is -0.493 e. The van der Waals surface area contributed by atoms with Crippen LogP contribution in [0, 0.1) is 0 Å². The van der Waals surface area contributed by atoms with Gasteiger partial charge in [-0.2, -0.15) is 0 Å². The molecule has 1 aliphatic rings. The number of hydrogen-bond acceptors (Lipinski definition) is 5. The van der Waals surface area contributed by atoms with E-state index in [-0.39, 0.29) is 6.42 Å². The van der Waals surface area contributed by atoms with Gasteiger partial charge in [0.15, 0.2) is 5.76 Å². The van der Waals surface area contributed by atoms with Gasteiger partial charge in [-0.05, 0) is 66.8 Å². The van der Waals surface area contributed by atoms with Gasteiger partial charge in [0.2, 0.25) is 5.89 Å². The Morgan fingerprint density at radius 3 is 2.47 bits per heavy atom. The Morgan fingerprint density at radius 1 is 1.03 bits per heavy atom. The summed E-state index contributed by atoms with van der Waals surface area (Å²) in [6, 6.07) is 24.2. The van der Waals surface area contributed by atoms with Gasteiger partial charge in [-0.1, -0.05) is 49.0 Å². The van der Waals surface area contributed by atoms with Crippen LogP contribution >= 0.6 is 0 Å². The largest absolute Gasteiger partial charge is 0.493 e. The fraction of sp³-hybridized carbons (Fsp3) is 0.250. The van der Waals surface area contributed by atoms with Crippen LogP contribution in [0.3, 0.4) is 0 Å². The predicted molar refractivity (Wildman–Crippen MR) is 149 cm³/mol. The number of benzene rings is 3. The first-order valence-electron chi connectivity index (χ1n) is 13.0. The highest BCUT2D eigenvalue weighted by Crippen LogP contribution is 2.34. The number of nitrogens with zero attached hydrogens (tertiary/aromatic N) is 2. The van der Waals surface area contributed by atoms with E-state index in [1.807, 2.05) is 67.6 Å². The number of carboxylic acids is 1. The Labute approximate surface area is 223 Å². The summed E-state index contributed by atoms with van der Waals surface area (Å²) in [6.07, 6.45) is 2.03. The molecule has 5 rings (SSSR count). The lowest BCUT2D eigenvalue weighted by Crippen LogP contribution is -2.31. The number of aromatic nitrogens is 1. The summed E-state index contributed by atoms with van der Waals surface area (Å²) in [4.78, 5) is 18.4. The van der Waals surface area contributed by atoms with Crippen LogP contribution in [0.1, 0.15) is 41.5 Å². The van der Waals surface area contributed by atoms with Crippen molar-refractivity contribution in [2.24, 2.45) is 0 Å². The van der Waals surface area contributed by atoms with Gasteiger partial charge in [-0.15, -0.1) is 0 Å². The lowest BCUT2D eigenvalue weighted by molar-refractivity contribution is -0.136. The molecule has 0 atom stereocenters. The number of carboxylic acid groups (broad SMARTS) is 1. The van der Waals surface area contributed by atoms with Crippen molar-refractivity contribution < 1.29 is 19.1 Å². The molecule has 0 radical (unpaired) electrons. The van der Waals surface area contributed by atoms with E-state index in [2.05, 4.69) is 23.6 Å². The maximum atomic E-state index is 11.3. The second-order valence-electron chi connectivity index (χ2n) is 9.62. The van der Waals surface area contributed by atoms with Crippen LogP contribution in [-0.2, 0) is 30.6 Å². The Kier molecular flexibility index (Phi) is 7.59. The Balaban J connectivity index is 1.35. The Bertz CT molecular complexity index is 1430. The van der Waals surface area contributed by atoms with E-state index in [1.54, 1.807) is 0 Å². The quantitative estimate of drug-likeness (QED) is 0.261. The number of oxazole rings is 1. The summed E-state index contributed by atoms with van der Waals surface area (Å²) in [5.74, 6) is 1.36. The fourth-order valence-electron chi connectivity index (χ4n) is 4.99. The number of carbonyl (C=O) groups is 1. The average molecular weight is 509 g/mol. The highest BCUT2D eigenvalue weighted by atomic mass is 16.5. The summed E-state index contributed by atoms with van der Waals surface area (Å²) in [6.45, 7) is 8.04. The molecule has 6 heteroatoms. The topological polar surface area (TPSA) is 75.8 Å². The molecule has 3 aromatic carbocycles. The van der Waals surface area contributed by atoms with Crippen molar-refractivity contribution in [1.82, 2.24) is 4.98 Å². The molecule has 0 aliphatic carbocycles. The average Bonchev–Trinajstić information content (AvgIpc) is 3.38. The van der Waals surface area contributed by atoms with E-state index in [9.17, 15) is 9.90 Å². The third-order valence-corrected chi connectivity index (χ3v) is 6.90. The standard InChI is InChI=1S/C32H32N2O4/c1-22(2)31-28(33-32(38-31)24-9-5-3-6-10-24)18-20-37-29-15-13-23(14-16-30(35)36)27-21-34(19-17-26(27)29)25-11-7-4-8-12-25/h3-13,15H,1,14,16-21H2,2H3,(H,35,36). The predicted octanol–water partition coefficient (Wildman–Crippen LogP) is 6.58. The minimum atomic E-state index is -0.786. The third-order valence-electron chi connectivity index (χ3n) is 6.90. The van der Waals surface area contributed by atoms with E-state index in [4.69, 9.17) is 14.1 Å². The second kappa shape index (κ2) is 11.4. The highest BCUT2D eigenvalue weighted by molar-refractivity contribution is 5.67. The van der Waals surface area contributed by atoms with Crippen LogP contribution in [0.2, 0.25) is 0 Å². The number of hydrogen-bond donors (Lipinski definition) is 1. The first kappa shape index (κ1) is 25.3. The summed E-state index contributed by atoms with van der Waals surface area (Å²) >= 11 is 0. The lowest BCUT2D eigenvalue weighted by Gasteiger charge is -2.33. The van der Waals surface area contributed by atoms with E-state index in [1.165, 1.54) is 16.8 Å². The van der Waals surface area contributed by atoms with Gasteiger partial charge >= 0.3 is 5.97 Å². The smallest absolute Gasteiger partial charge is 0.303 e. The number of rotatable bonds is 10. The molecule has 1 N–H and O–H groups in total. The monoisotopic (exact) mass is 508 g/mol. The van der Waals surface area contributed by atoms with Gasteiger partial charge < -0.3 is 19.2 Å². The molecule has 0 bridgehead atoms. The van der Waals surface area contributed by atoms with Gasteiger partial charge in [-0.3, -0.25) is 4.79 Å². The van der Waals surface area contributed by atoms with Crippen molar-refractivity contribution in [2.45, 2.75) is 39.2 Å². The van der Waals surface area contributed by atoms with Crippen molar-refractivity contribution >= 4 is 17.2 Å². The summed E-state index contributed by atoms with van der Waals surface area (Å²) in [7, 11) is 0. The number of allylic oxidation sites excluding steroid dienone is 1. The van der Waals surface area contributed by atoms with Crippen LogP contribution < -0.4 is 9.64 Å². The Hall–Kier alpha value is -4.32. The van der Waals surface area contributed by atoms with Crippen LogP contribution in [0.4, 0.5) is 5.69 Å². The number of aliphatic carboxylic acids is 1. The third kappa shape index (κ3) is 5.65.